The first kappa shape index (κ1) is 11.4. The Morgan fingerprint density at radius 1 is 1.53 bits per heavy atom. The van der Waals surface area contributed by atoms with Gasteiger partial charge in [-0.3, -0.25) is 10.1 Å². The second-order valence-electron chi connectivity index (χ2n) is 2.98. The van der Waals surface area contributed by atoms with Gasteiger partial charge in [0.2, 0.25) is 0 Å². The minimum absolute atomic E-state index is 0.0209. The van der Waals surface area contributed by atoms with Crippen molar-refractivity contribution in [3.63, 3.8) is 0 Å². The molecule has 0 atom stereocenters. The van der Waals surface area contributed by atoms with E-state index in [4.69, 9.17) is 12.2 Å². The average Bonchev–Trinajstić information content (AvgIpc) is 2.20. The highest BCUT2D eigenvalue weighted by Gasteiger charge is 2.13. The van der Waals surface area contributed by atoms with Crippen LogP contribution in [0, 0.1) is 17.0 Å². The standard InChI is InChI=1S/C9H11N3O2S/c1-6-3-4-7(11-9(15)10-2)8(5-6)12(13)14/h3-5H,1-2H3,(H2,10,11,15). The summed E-state index contributed by atoms with van der Waals surface area (Å²) in [5, 5.41) is 16.5. The molecule has 5 nitrogen and oxygen atoms in total. The molecule has 0 radical (unpaired) electrons. The molecule has 15 heavy (non-hydrogen) atoms. The van der Waals surface area contributed by atoms with Gasteiger partial charge in [-0.25, -0.2) is 0 Å². The van der Waals surface area contributed by atoms with E-state index in [1.807, 2.05) is 0 Å². The fourth-order valence-corrected chi connectivity index (χ4v) is 1.19. The van der Waals surface area contributed by atoms with Gasteiger partial charge in [0.25, 0.3) is 5.69 Å². The molecule has 0 amide bonds. The quantitative estimate of drug-likeness (QED) is 0.456. The van der Waals surface area contributed by atoms with E-state index in [9.17, 15) is 10.1 Å². The van der Waals surface area contributed by atoms with E-state index in [0.717, 1.165) is 5.56 Å². The molecule has 1 aromatic carbocycles. The van der Waals surface area contributed by atoms with Crippen LogP contribution in [0.3, 0.4) is 0 Å². The minimum Gasteiger partial charge on any atom is -0.366 e. The van der Waals surface area contributed by atoms with Gasteiger partial charge in [-0.05, 0) is 30.8 Å². The van der Waals surface area contributed by atoms with Crippen LogP contribution in [0.4, 0.5) is 11.4 Å². The molecule has 1 rings (SSSR count). The maximum Gasteiger partial charge on any atom is 0.292 e. The molecule has 1 aromatic rings. The number of anilines is 1. The normalized spacial score (nSPS) is 9.47. The molecule has 0 aliphatic heterocycles. The molecule has 80 valence electrons. The Bertz CT molecular complexity index is 406. The van der Waals surface area contributed by atoms with Crippen molar-refractivity contribution >= 4 is 28.7 Å². The third kappa shape index (κ3) is 2.88. The zero-order chi connectivity index (χ0) is 11.4. The Balaban J connectivity index is 3.06. The zero-order valence-corrected chi connectivity index (χ0v) is 9.22. The van der Waals surface area contributed by atoms with E-state index >= 15 is 0 Å². The maximum atomic E-state index is 10.7. The van der Waals surface area contributed by atoms with E-state index < -0.39 is 4.92 Å². The van der Waals surface area contributed by atoms with Gasteiger partial charge in [0.1, 0.15) is 5.69 Å². The molecule has 0 aliphatic carbocycles. The van der Waals surface area contributed by atoms with Crippen molar-refractivity contribution in [1.82, 2.24) is 5.32 Å². The average molecular weight is 225 g/mol. The lowest BCUT2D eigenvalue weighted by Gasteiger charge is -2.07. The molecule has 0 bridgehead atoms. The van der Waals surface area contributed by atoms with Crippen molar-refractivity contribution in [1.29, 1.82) is 0 Å². The molecular weight excluding hydrogens is 214 g/mol. The van der Waals surface area contributed by atoms with Gasteiger partial charge >= 0.3 is 0 Å². The lowest BCUT2D eigenvalue weighted by atomic mass is 10.2. The summed E-state index contributed by atoms with van der Waals surface area (Å²) >= 11 is 4.87. The highest BCUT2D eigenvalue weighted by molar-refractivity contribution is 7.80. The summed E-state index contributed by atoms with van der Waals surface area (Å²) in [5.41, 5.74) is 1.25. The van der Waals surface area contributed by atoms with Crippen molar-refractivity contribution in [2.45, 2.75) is 6.92 Å². The third-order valence-corrected chi connectivity index (χ3v) is 2.13. The molecule has 6 heteroatoms. The summed E-state index contributed by atoms with van der Waals surface area (Å²) in [4.78, 5) is 10.3. The van der Waals surface area contributed by atoms with Crippen LogP contribution < -0.4 is 10.6 Å². The van der Waals surface area contributed by atoms with E-state index in [2.05, 4.69) is 10.6 Å². The van der Waals surface area contributed by atoms with Gasteiger partial charge in [-0.1, -0.05) is 6.07 Å². The predicted molar refractivity (Wildman–Crippen MR) is 63.1 cm³/mol. The first-order valence-electron chi connectivity index (χ1n) is 4.28. The highest BCUT2D eigenvalue weighted by Crippen LogP contribution is 2.24. The van der Waals surface area contributed by atoms with Gasteiger partial charge in [0, 0.05) is 13.1 Å². The first-order valence-corrected chi connectivity index (χ1v) is 4.69. The van der Waals surface area contributed by atoms with E-state index in [1.54, 1.807) is 26.1 Å². The number of hydrogen-bond donors (Lipinski definition) is 2. The number of hydrogen-bond acceptors (Lipinski definition) is 3. The second kappa shape index (κ2) is 4.70. The van der Waals surface area contributed by atoms with Crippen LogP contribution >= 0.6 is 12.2 Å². The van der Waals surface area contributed by atoms with Crippen molar-refractivity contribution in [3.8, 4) is 0 Å². The number of nitro benzene ring substituents is 1. The molecular formula is C9H11N3O2S. The van der Waals surface area contributed by atoms with Gasteiger partial charge in [-0.2, -0.15) is 0 Å². The zero-order valence-electron chi connectivity index (χ0n) is 8.40. The molecule has 0 aromatic heterocycles. The molecule has 2 N–H and O–H groups in total. The Morgan fingerprint density at radius 3 is 2.73 bits per heavy atom. The summed E-state index contributed by atoms with van der Waals surface area (Å²) in [6.07, 6.45) is 0. The SMILES string of the molecule is CNC(=S)Nc1ccc(C)cc1[N+](=O)[O-]. The number of nitro groups is 1. The largest absolute Gasteiger partial charge is 0.366 e. The second-order valence-corrected chi connectivity index (χ2v) is 3.39. The van der Waals surface area contributed by atoms with Crippen LogP contribution in [-0.2, 0) is 0 Å². The van der Waals surface area contributed by atoms with E-state index in [-0.39, 0.29) is 5.69 Å². The van der Waals surface area contributed by atoms with Crippen LogP contribution in [0.25, 0.3) is 0 Å². The topological polar surface area (TPSA) is 67.2 Å². The Kier molecular flexibility index (Phi) is 3.56. The van der Waals surface area contributed by atoms with Crippen molar-refractivity contribution in [2.75, 3.05) is 12.4 Å². The number of thiocarbonyl (C=S) groups is 1. The Labute approximate surface area is 92.6 Å². The van der Waals surface area contributed by atoms with Crippen LogP contribution in [0.1, 0.15) is 5.56 Å². The lowest BCUT2D eigenvalue weighted by Crippen LogP contribution is -2.24. The maximum absolute atomic E-state index is 10.7. The van der Waals surface area contributed by atoms with Crippen LogP contribution in [0.2, 0.25) is 0 Å². The summed E-state index contributed by atoms with van der Waals surface area (Å²) < 4.78 is 0. The first-order chi connectivity index (χ1) is 7.04. The van der Waals surface area contributed by atoms with Crippen LogP contribution in [0.15, 0.2) is 18.2 Å². The summed E-state index contributed by atoms with van der Waals surface area (Å²) in [5.74, 6) is 0. The number of aryl methyl sites for hydroxylation is 1. The molecule has 0 heterocycles. The fraction of sp³-hybridized carbons (Fsp3) is 0.222. The fourth-order valence-electron chi connectivity index (χ4n) is 1.08. The molecule has 0 spiro atoms. The Hall–Kier alpha value is -1.69. The lowest BCUT2D eigenvalue weighted by molar-refractivity contribution is -0.383. The van der Waals surface area contributed by atoms with E-state index in [1.165, 1.54) is 6.07 Å². The van der Waals surface area contributed by atoms with E-state index in [0.29, 0.717) is 10.8 Å². The molecule has 0 saturated carbocycles. The summed E-state index contributed by atoms with van der Waals surface area (Å²) in [6.45, 7) is 1.80. The van der Waals surface area contributed by atoms with Crippen molar-refractivity contribution in [2.24, 2.45) is 0 Å². The number of nitrogens with one attached hydrogen (secondary N) is 2. The number of nitrogens with zero attached hydrogens (tertiary/aromatic N) is 1. The molecule has 0 fully saturated rings. The monoisotopic (exact) mass is 225 g/mol. The van der Waals surface area contributed by atoms with Crippen molar-refractivity contribution in [3.05, 3.63) is 33.9 Å². The van der Waals surface area contributed by atoms with Gasteiger partial charge < -0.3 is 10.6 Å². The Morgan fingerprint density at radius 2 is 2.20 bits per heavy atom. The van der Waals surface area contributed by atoms with Gasteiger partial charge in [0.05, 0.1) is 4.92 Å². The van der Waals surface area contributed by atoms with Crippen LogP contribution in [-0.4, -0.2) is 17.1 Å². The number of rotatable bonds is 2. The van der Waals surface area contributed by atoms with Crippen LogP contribution in [0.5, 0.6) is 0 Å². The van der Waals surface area contributed by atoms with Gasteiger partial charge in [-0.15, -0.1) is 0 Å². The summed E-state index contributed by atoms with van der Waals surface area (Å²) in [7, 11) is 1.65. The minimum atomic E-state index is -0.437. The highest BCUT2D eigenvalue weighted by atomic mass is 32.1. The molecule has 0 aliphatic rings. The third-order valence-electron chi connectivity index (χ3n) is 1.83. The van der Waals surface area contributed by atoms with Crippen molar-refractivity contribution < 1.29 is 4.92 Å². The smallest absolute Gasteiger partial charge is 0.292 e. The number of benzene rings is 1. The molecule has 0 saturated heterocycles. The molecule has 0 unspecified atom stereocenters. The van der Waals surface area contributed by atoms with Gasteiger partial charge in [0.15, 0.2) is 5.11 Å². The predicted octanol–water partition coefficient (Wildman–Crippen LogP) is 1.82. The summed E-state index contributed by atoms with van der Waals surface area (Å²) in [6, 6.07) is 4.92.